The molecule has 182 valence electrons. The van der Waals surface area contributed by atoms with Crippen LogP contribution in [0.1, 0.15) is 11.1 Å². The van der Waals surface area contributed by atoms with Gasteiger partial charge in [0.15, 0.2) is 11.6 Å². The van der Waals surface area contributed by atoms with Crippen LogP contribution in [0.15, 0.2) is 24.4 Å². The van der Waals surface area contributed by atoms with Gasteiger partial charge >= 0.3 is 6.09 Å². The Morgan fingerprint density at radius 2 is 2.09 bits per heavy atom. The van der Waals surface area contributed by atoms with Gasteiger partial charge in [-0.15, -0.1) is 11.3 Å². The molecule has 0 saturated carbocycles. The van der Waals surface area contributed by atoms with Crippen molar-refractivity contribution >= 4 is 38.7 Å². The first-order valence-corrected chi connectivity index (χ1v) is 11.8. The molecule has 0 saturated heterocycles. The summed E-state index contributed by atoms with van der Waals surface area (Å²) in [5.74, 6) is 0.150. The summed E-state index contributed by atoms with van der Waals surface area (Å²) in [6.45, 7) is 2.62. The Balaban J connectivity index is 1.44. The largest absolute Gasteiger partial charge is 0.485 e. The Hall–Kier alpha value is -3.57. The lowest BCUT2D eigenvalue weighted by atomic mass is 10.1. The van der Waals surface area contributed by atoms with Crippen molar-refractivity contribution in [2.24, 2.45) is 0 Å². The maximum atomic E-state index is 14.9. The topological polar surface area (TPSA) is 105 Å². The number of aromatic nitrogens is 3. The van der Waals surface area contributed by atoms with Gasteiger partial charge in [0.1, 0.15) is 17.7 Å². The highest BCUT2D eigenvalue weighted by atomic mass is 32.1. The number of hydrogen-bond acceptors (Lipinski definition) is 9. The van der Waals surface area contributed by atoms with Gasteiger partial charge in [0, 0.05) is 30.7 Å². The molecule has 0 bridgehead atoms. The smallest absolute Gasteiger partial charge is 0.407 e. The van der Waals surface area contributed by atoms with Crippen LogP contribution in [-0.4, -0.2) is 61.1 Å². The molecule has 1 atom stereocenters. The first-order chi connectivity index (χ1) is 17.0. The Morgan fingerprint density at radius 1 is 1.23 bits per heavy atom. The number of methoxy groups -OCH3 is 2. The highest BCUT2D eigenvalue weighted by Gasteiger charge is 2.30. The molecule has 3 heterocycles. The van der Waals surface area contributed by atoms with Crippen molar-refractivity contribution in [3.63, 3.8) is 0 Å². The van der Waals surface area contributed by atoms with E-state index in [1.165, 1.54) is 24.5 Å². The molecule has 5 rings (SSSR count). The van der Waals surface area contributed by atoms with Crippen LogP contribution in [0.4, 0.5) is 9.18 Å². The molecular weight excluding hydrogens is 475 g/mol. The van der Waals surface area contributed by atoms with E-state index in [9.17, 15) is 9.18 Å². The number of thiazole rings is 1. The molecule has 0 aliphatic carbocycles. The SMILES string of the molecule is COCCOC(=O)NCC1Cc2c(c(F)cc3nc(-c4cc(C)cc5nc(OC)cnc45)sc23)O1. The third-order valence-corrected chi connectivity index (χ3v) is 6.77. The summed E-state index contributed by atoms with van der Waals surface area (Å²) < 4.78 is 36.6. The number of fused-ring (bicyclic) bond motifs is 4. The molecule has 1 amide bonds. The van der Waals surface area contributed by atoms with E-state index in [4.69, 9.17) is 23.9 Å². The lowest BCUT2D eigenvalue weighted by molar-refractivity contribution is 0.0959. The Morgan fingerprint density at radius 3 is 2.89 bits per heavy atom. The van der Waals surface area contributed by atoms with Crippen LogP contribution in [-0.2, 0) is 15.9 Å². The quantitative estimate of drug-likeness (QED) is 0.381. The molecule has 1 aliphatic rings. The number of aryl methyl sites for hydroxylation is 1. The minimum Gasteiger partial charge on any atom is -0.485 e. The highest BCUT2D eigenvalue weighted by Crippen LogP contribution is 2.43. The summed E-state index contributed by atoms with van der Waals surface area (Å²) >= 11 is 1.46. The van der Waals surface area contributed by atoms with E-state index >= 15 is 0 Å². The van der Waals surface area contributed by atoms with Gasteiger partial charge in [0.05, 0.1) is 47.7 Å². The first-order valence-electron chi connectivity index (χ1n) is 11.0. The summed E-state index contributed by atoms with van der Waals surface area (Å²) in [4.78, 5) is 25.6. The molecule has 1 N–H and O–H groups in total. The summed E-state index contributed by atoms with van der Waals surface area (Å²) in [6, 6.07) is 5.32. The van der Waals surface area contributed by atoms with Gasteiger partial charge in [-0.25, -0.2) is 24.1 Å². The molecule has 11 heteroatoms. The molecule has 1 aliphatic heterocycles. The summed E-state index contributed by atoms with van der Waals surface area (Å²) in [7, 11) is 3.07. The molecule has 0 fully saturated rings. The molecule has 0 radical (unpaired) electrons. The number of alkyl carbamates (subject to hydrolysis) is 1. The summed E-state index contributed by atoms with van der Waals surface area (Å²) in [5.41, 5.74) is 4.50. The number of amides is 1. The van der Waals surface area contributed by atoms with Crippen molar-refractivity contribution in [1.82, 2.24) is 20.3 Å². The maximum Gasteiger partial charge on any atom is 0.407 e. The van der Waals surface area contributed by atoms with E-state index in [0.29, 0.717) is 40.5 Å². The average molecular weight is 499 g/mol. The first kappa shape index (κ1) is 23.2. The van der Waals surface area contributed by atoms with Crippen molar-refractivity contribution in [2.75, 3.05) is 34.0 Å². The lowest BCUT2D eigenvalue weighted by Gasteiger charge is -2.12. The molecular formula is C24H23FN4O5S. The maximum absolute atomic E-state index is 14.9. The molecule has 2 aromatic carbocycles. The van der Waals surface area contributed by atoms with E-state index in [1.54, 1.807) is 13.3 Å². The van der Waals surface area contributed by atoms with Gasteiger partial charge in [-0.1, -0.05) is 0 Å². The summed E-state index contributed by atoms with van der Waals surface area (Å²) in [5, 5.41) is 3.36. The van der Waals surface area contributed by atoms with E-state index in [1.807, 2.05) is 19.1 Å². The zero-order chi connectivity index (χ0) is 24.5. The van der Waals surface area contributed by atoms with E-state index in [0.717, 1.165) is 21.4 Å². The second-order valence-corrected chi connectivity index (χ2v) is 9.08. The number of nitrogens with zero attached hydrogens (tertiary/aromatic N) is 3. The molecule has 0 spiro atoms. The van der Waals surface area contributed by atoms with E-state index < -0.39 is 18.0 Å². The molecule has 4 aromatic rings. The number of rotatable bonds is 7. The van der Waals surface area contributed by atoms with Gasteiger partial charge in [0.2, 0.25) is 5.88 Å². The standard InChI is InChI=1S/C24H23FN4O5S/c1-12-6-14(20-17(7-12)28-19(32-3)11-26-20)23-29-18-9-16(25)21-15(22(18)35-23)8-13(34-21)10-27-24(30)33-5-4-31-2/h6-7,9,11,13H,4-5,8,10H2,1-3H3,(H,27,30). The van der Waals surface area contributed by atoms with Crippen molar-refractivity contribution in [3.05, 3.63) is 41.3 Å². The number of carbonyl (C=O) groups is 1. The Kier molecular flexibility index (Phi) is 6.35. The zero-order valence-corrected chi connectivity index (χ0v) is 20.2. The van der Waals surface area contributed by atoms with Crippen molar-refractivity contribution in [2.45, 2.75) is 19.4 Å². The normalized spacial score (nSPS) is 14.7. The number of hydrogen-bond donors (Lipinski definition) is 1. The zero-order valence-electron chi connectivity index (χ0n) is 19.4. The fraction of sp³-hybridized carbons (Fsp3) is 0.333. The van der Waals surface area contributed by atoms with Crippen molar-refractivity contribution < 1.29 is 28.1 Å². The molecule has 9 nitrogen and oxygen atoms in total. The number of carbonyl (C=O) groups excluding carboxylic acids is 1. The Bertz CT molecular complexity index is 1430. The van der Waals surface area contributed by atoms with Crippen LogP contribution in [0.2, 0.25) is 0 Å². The molecule has 35 heavy (non-hydrogen) atoms. The van der Waals surface area contributed by atoms with Gasteiger partial charge in [-0.3, -0.25) is 0 Å². The second-order valence-electron chi connectivity index (χ2n) is 8.08. The minimum absolute atomic E-state index is 0.151. The van der Waals surface area contributed by atoms with E-state index in [-0.39, 0.29) is 18.9 Å². The third-order valence-electron chi connectivity index (χ3n) is 5.60. The van der Waals surface area contributed by atoms with Crippen molar-refractivity contribution in [1.29, 1.82) is 0 Å². The predicted octanol–water partition coefficient (Wildman–Crippen LogP) is 4.04. The summed E-state index contributed by atoms with van der Waals surface area (Å²) in [6.07, 6.45) is 1.02. The van der Waals surface area contributed by atoms with Gasteiger partial charge in [-0.05, 0) is 24.6 Å². The van der Waals surface area contributed by atoms with Crippen LogP contribution >= 0.6 is 11.3 Å². The predicted molar refractivity (Wildman–Crippen MR) is 129 cm³/mol. The van der Waals surface area contributed by atoms with Crippen LogP contribution in [0.5, 0.6) is 11.6 Å². The molecule has 2 aromatic heterocycles. The Labute approximate surface area is 204 Å². The second kappa shape index (κ2) is 9.59. The number of benzene rings is 2. The average Bonchev–Trinajstić information content (AvgIpc) is 3.46. The van der Waals surface area contributed by atoms with Crippen LogP contribution < -0.4 is 14.8 Å². The van der Waals surface area contributed by atoms with Gasteiger partial charge in [0.25, 0.3) is 0 Å². The number of halogens is 1. The van der Waals surface area contributed by atoms with E-state index in [2.05, 4.69) is 15.3 Å². The molecule has 1 unspecified atom stereocenters. The number of ether oxygens (including phenoxy) is 4. The number of nitrogens with one attached hydrogen (secondary N) is 1. The van der Waals surface area contributed by atoms with Crippen LogP contribution in [0, 0.1) is 12.7 Å². The lowest BCUT2D eigenvalue weighted by Crippen LogP contribution is -2.35. The highest BCUT2D eigenvalue weighted by molar-refractivity contribution is 7.22. The van der Waals surface area contributed by atoms with Gasteiger partial charge in [-0.2, -0.15) is 0 Å². The monoisotopic (exact) mass is 498 g/mol. The third kappa shape index (κ3) is 4.56. The minimum atomic E-state index is -0.573. The van der Waals surface area contributed by atoms with Crippen LogP contribution in [0.25, 0.3) is 31.8 Å². The fourth-order valence-corrected chi connectivity index (χ4v) is 5.14. The van der Waals surface area contributed by atoms with Crippen molar-refractivity contribution in [3.8, 4) is 22.2 Å². The van der Waals surface area contributed by atoms with Gasteiger partial charge < -0.3 is 24.3 Å². The fourth-order valence-electron chi connectivity index (χ4n) is 4.03. The van der Waals surface area contributed by atoms with Crippen LogP contribution in [0.3, 0.4) is 0 Å².